The lowest BCUT2D eigenvalue weighted by Gasteiger charge is -1.64. The summed E-state index contributed by atoms with van der Waals surface area (Å²) >= 11 is 0. The summed E-state index contributed by atoms with van der Waals surface area (Å²) in [4.78, 5) is 12.4. The molecule has 5 heteroatoms. The van der Waals surface area contributed by atoms with Crippen LogP contribution >= 0.6 is 0 Å². The van der Waals surface area contributed by atoms with E-state index in [-0.39, 0.29) is 0 Å². The van der Waals surface area contributed by atoms with E-state index in [1.807, 2.05) is 0 Å². The molecule has 2 N–H and O–H groups in total. The normalized spacial score (nSPS) is 5.56. The van der Waals surface area contributed by atoms with Gasteiger partial charge in [-0.1, -0.05) is 6.08 Å². The summed E-state index contributed by atoms with van der Waals surface area (Å²) in [5, 5.41) is 14.2. The largest absolute Gasteiger partial charge is 0.432 e. The molecule has 4 nitrogen and oxygen atoms in total. The van der Waals surface area contributed by atoms with E-state index in [0.29, 0.717) is 6.54 Å². The number of hydrogen-bond acceptors (Lipinski definition) is 4. The van der Waals surface area contributed by atoms with Crippen molar-refractivity contribution < 1.29 is 14.8 Å². The quantitative estimate of drug-likeness (QED) is 0.211. The Morgan fingerprint density at radius 1 is 1.78 bits per heavy atom. The number of aliphatic imine (C=N–C) groups is 1. The lowest BCUT2D eigenvalue weighted by Crippen LogP contribution is -1.75. The van der Waals surface area contributed by atoms with Crippen molar-refractivity contribution in [3.63, 3.8) is 0 Å². The molecule has 0 aromatic heterocycles. The molecular weight excluding hydrogens is 121 g/mol. The van der Waals surface area contributed by atoms with Gasteiger partial charge in [0.1, 0.15) is 0 Å². The van der Waals surface area contributed by atoms with Crippen molar-refractivity contribution in [3.8, 4) is 0 Å². The molecule has 0 saturated carbocycles. The third-order valence-electron chi connectivity index (χ3n) is 0.285. The van der Waals surface area contributed by atoms with Gasteiger partial charge < -0.3 is 10.0 Å². The van der Waals surface area contributed by atoms with Gasteiger partial charge in [-0.2, -0.15) is 0 Å². The Labute approximate surface area is 53.9 Å². The van der Waals surface area contributed by atoms with Crippen molar-refractivity contribution in [1.29, 1.82) is 0 Å². The van der Waals surface area contributed by atoms with E-state index in [1.165, 1.54) is 12.2 Å². The summed E-state index contributed by atoms with van der Waals surface area (Å²) < 4.78 is 0. The molecule has 0 aliphatic rings. The van der Waals surface area contributed by atoms with E-state index < -0.39 is 7.69 Å². The van der Waals surface area contributed by atoms with Crippen LogP contribution in [0.1, 0.15) is 0 Å². The summed E-state index contributed by atoms with van der Waals surface area (Å²) in [7, 11) is -0.750. The lowest BCUT2D eigenvalue weighted by molar-refractivity contribution is 0.448. The van der Waals surface area contributed by atoms with E-state index in [4.69, 9.17) is 10.0 Å². The smallest absolute Gasteiger partial charge is 0.430 e. The van der Waals surface area contributed by atoms with Gasteiger partial charge >= 0.3 is 7.69 Å². The predicted octanol–water partition coefficient (Wildman–Crippen LogP) is -1.25. The highest BCUT2D eigenvalue weighted by Crippen LogP contribution is 1.61. The second-order valence-electron chi connectivity index (χ2n) is 0.862. The number of rotatable bonds is 2. The summed E-state index contributed by atoms with van der Waals surface area (Å²) in [5.74, 6) is 0. The van der Waals surface area contributed by atoms with Gasteiger partial charge in [0, 0.05) is 0 Å². The average Bonchev–Trinajstić information content (AvgIpc) is 1.86. The monoisotopic (exact) mass is 129 g/mol. The average molecular weight is 129 g/mol. The molecule has 0 saturated heterocycles. The van der Waals surface area contributed by atoms with Crippen LogP contribution in [0.15, 0.2) is 17.6 Å². The second kappa shape index (κ2) is 15.7. The number of isocyanates is 1. The SMILES string of the molecule is C=CCN=C=O.OBO. The van der Waals surface area contributed by atoms with Crippen LogP contribution in [0.2, 0.25) is 0 Å². The molecule has 0 rings (SSSR count). The van der Waals surface area contributed by atoms with Crippen molar-refractivity contribution in [2.24, 2.45) is 4.99 Å². The molecule has 0 aromatic carbocycles. The minimum atomic E-state index is -0.750. The van der Waals surface area contributed by atoms with Gasteiger partial charge in [-0.15, -0.1) is 6.58 Å². The van der Waals surface area contributed by atoms with Crippen LogP contribution in [0.5, 0.6) is 0 Å². The maximum atomic E-state index is 9.22. The summed E-state index contributed by atoms with van der Waals surface area (Å²) in [5.41, 5.74) is 0. The molecule has 9 heavy (non-hydrogen) atoms. The van der Waals surface area contributed by atoms with Crippen molar-refractivity contribution in [3.05, 3.63) is 12.7 Å². The van der Waals surface area contributed by atoms with Gasteiger partial charge in [-0.05, 0) is 0 Å². The molecule has 0 spiro atoms. The molecule has 0 atom stereocenters. The van der Waals surface area contributed by atoms with Crippen molar-refractivity contribution in [1.82, 2.24) is 0 Å². The van der Waals surface area contributed by atoms with Gasteiger partial charge in [0.25, 0.3) is 0 Å². The summed E-state index contributed by atoms with van der Waals surface area (Å²) in [6.45, 7) is 3.70. The maximum Gasteiger partial charge on any atom is 0.432 e. The van der Waals surface area contributed by atoms with Crippen LogP contribution in [0.4, 0.5) is 0 Å². The number of hydrogen-bond donors (Lipinski definition) is 2. The van der Waals surface area contributed by atoms with Gasteiger partial charge in [0.05, 0.1) is 6.54 Å². The van der Waals surface area contributed by atoms with E-state index in [1.54, 1.807) is 0 Å². The Morgan fingerprint density at radius 2 is 2.22 bits per heavy atom. The topological polar surface area (TPSA) is 69.9 Å². The Kier molecular flexibility index (Phi) is 19.2. The Morgan fingerprint density at radius 3 is 2.33 bits per heavy atom. The van der Waals surface area contributed by atoms with Crippen LogP contribution < -0.4 is 0 Å². The lowest BCUT2D eigenvalue weighted by atomic mass is 10.5. The minimum Gasteiger partial charge on any atom is -0.430 e. The molecule has 50 valence electrons. The zero-order valence-corrected chi connectivity index (χ0v) is 4.95. The van der Waals surface area contributed by atoms with Gasteiger partial charge in [0.2, 0.25) is 6.08 Å². The van der Waals surface area contributed by atoms with E-state index >= 15 is 0 Å². The van der Waals surface area contributed by atoms with Gasteiger partial charge in [-0.3, -0.25) is 0 Å². The fourth-order valence-corrected chi connectivity index (χ4v) is 0.102. The third kappa shape index (κ3) is 41.8. The first-order chi connectivity index (χ1) is 4.33. The highest BCUT2D eigenvalue weighted by molar-refractivity contribution is 6.13. The van der Waals surface area contributed by atoms with Crippen LogP contribution in [0.25, 0.3) is 0 Å². The molecule has 0 aromatic rings. The predicted molar refractivity (Wildman–Crippen MR) is 34.8 cm³/mol. The number of nitrogens with zero attached hydrogens (tertiary/aromatic N) is 1. The van der Waals surface area contributed by atoms with E-state index in [9.17, 15) is 4.79 Å². The molecule has 0 bridgehead atoms. The molecule has 0 aliphatic carbocycles. The Balaban J connectivity index is 0. The van der Waals surface area contributed by atoms with Crippen molar-refractivity contribution in [2.75, 3.05) is 6.54 Å². The highest BCUT2D eigenvalue weighted by atomic mass is 16.4. The number of carbonyl (C=O) groups excluding carboxylic acids is 1. The van der Waals surface area contributed by atoms with Gasteiger partial charge in [-0.25, -0.2) is 9.79 Å². The zero-order valence-electron chi connectivity index (χ0n) is 4.95. The first kappa shape index (κ1) is 11.0. The molecule has 0 heterocycles. The van der Waals surface area contributed by atoms with E-state index in [2.05, 4.69) is 11.6 Å². The van der Waals surface area contributed by atoms with E-state index in [0.717, 1.165) is 0 Å². The zero-order chi connectivity index (χ0) is 7.54. The fraction of sp³-hybridized carbons (Fsp3) is 0.250. The standard InChI is InChI=1S/C4H5NO.BH3O2/c1-2-3-5-4-6;2-1-3/h2H,1,3H2;1-3H. The first-order valence-electron chi connectivity index (χ1n) is 2.19. The highest BCUT2D eigenvalue weighted by Gasteiger charge is 1.58. The van der Waals surface area contributed by atoms with Crippen LogP contribution in [-0.2, 0) is 4.79 Å². The van der Waals surface area contributed by atoms with Crippen molar-refractivity contribution in [2.45, 2.75) is 0 Å². The van der Waals surface area contributed by atoms with Crippen molar-refractivity contribution >= 4 is 13.8 Å². The molecule has 0 fully saturated rings. The minimum absolute atomic E-state index is 0.378. The molecule has 0 unspecified atom stereocenters. The second-order valence-corrected chi connectivity index (χ2v) is 0.862. The molecule has 0 radical (unpaired) electrons. The molecule has 0 amide bonds. The molecule has 0 aliphatic heterocycles. The first-order valence-corrected chi connectivity index (χ1v) is 2.19. The Bertz CT molecular complexity index is 100.0. The molecular formula is C4H8BNO3. The van der Waals surface area contributed by atoms with Gasteiger partial charge in [0.15, 0.2) is 0 Å². The third-order valence-corrected chi connectivity index (χ3v) is 0.285. The maximum absolute atomic E-state index is 9.22. The summed E-state index contributed by atoms with van der Waals surface area (Å²) in [6.07, 6.45) is 2.90. The van der Waals surface area contributed by atoms with Crippen LogP contribution in [0, 0.1) is 0 Å². The Hall–Kier alpha value is -0.895. The fourth-order valence-electron chi connectivity index (χ4n) is 0.102. The van der Waals surface area contributed by atoms with Crippen LogP contribution in [0.3, 0.4) is 0 Å². The van der Waals surface area contributed by atoms with Crippen LogP contribution in [-0.4, -0.2) is 30.4 Å². The summed E-state index contributed by atoms with van der Waals surface area (Å²) in [6, 6.07) is 0.